The van der Waals surface area contributed by atoms with E-state index in [1.54, 1.807) is 20.3 Å². The number of carbonyl (C=O) groups excluding carboxylic acids is 1. The zero-order chi connectivity index (χ0) is 10.6. The van der Waals surface area contributed by atoms with E-state index >= 15 is 0 Å². The van der Waals surface area contributed by atoms with Gasteiger partial charge in [-0.2, -0.15) is 0 Å². The highest BCUT2D eigenvalue weighted by Gasteiger charge is 2.04. The van der Waals surface area contributed by atoms with Gasteiger partial charge in [-0.25, -0.2) is 4.79 Å². The molecule has 1 aromatic rings. The third kappa shape index (κ3) is 2.73. The number of rotatable bonds is 2. The summed E-state index contributed by atoms with van der Waals surface area (Å²) >= 11 is 0. The van der Waals surface area contributed by atoms with Crippen LogP contribution in [0, 0.1) is 6.92 Å². The molecule has 0 atom stereocenters. The van der Waals surface area contributed by atoms with Crippen LogP contribution in [0.4, 0.5) is 4.79 Å². The van der Waals surface area contributed by atoms with E-state index in [-0.39, 0.29) is 6.03 Å². The Hall–Kier alpha value is -1.58. The van der Waals surface area contributed by atoms with Crippen molar-refractivity contribution >= 4 is 6.03 Å². The molecular formula is C10H15N3O. The van der Waals surface area contributed by atoms with Crippen molar-refractivity contribution in [1.29, 1.82) is 0 Å². The van der Waals surface area contributed by atoms with E-state index in [1.807, 2.05) is 19.1 Å². The maximum Gasteiger partial charge on any atom is 0.317 e. The van der Waals surface area contributed by atoms with Crippen LogP contribution in [0.5, 0.6) is 0 Å². The monoisotopic (exact) mass is 193 g/mol. The van der Waals surface area contributed by atoms with Crippen molar-refractivity contribution in [2.45, 2.75) is 13.5 Å². The van der Waals surface area contributed by atoms with Gasteiger partial charge in [-0.15, -0.1) is 0 Å². The lowest BCUT2D eigenvalue weighted by molar-refractivity contribution is 0.217. The van der Waals surface area contributed by atoms with Crippen LogP contribution in [0.2, 0.25) is 0 Å². The van der Waals surface area contributed by atoms with Gasteiger partial charge >= 0.3 is 6.03 Å². The van der Waals surface area contributed by atoms with Gasteiger partial charge in [0, 0.05) is 20.3 Å². The Morgan fingerprint density at radius 2 is 2.29 bits per heavy atom. The zero-order valence-electron chi connectivity index (χ0n) is 8.74. The Morgan fingerprint density at radius 1 is 1.57 bits per heavy atom. The third-order valence-electron chi connectivity index (χ3n) is 1.93. The summed E-state index contributed by atoms with van der Waals surface area (Å²) in [4.78, 5) is 16.9. The van der Waals surface area contributed by atoms with Crippen molar-refractivity contribution in [3.63, 3.8) is 0 Å². The maximum absolute atomic E-state index is 11.2. The number of aromatic nitrogens is 1. The molecule has 0 unspecified atom stereocenters. The molecule has 0 saturated heterocycles. The molecule has 0 aliphatic carbocycles. The van der Waals surface area contributed by atoms with Crippen molar-refractivity contribution in [3.05, 3.63) is 29.6 Å². The summed E-state index contributed by atoms with van der Waals surface area (Å²) in [7, 11) is 3.42. The van der Waals surface area contributed by atoms with E-state index in [0.717, 1.165) is 11.3 Å². The summed E-state index contributed by atoms with van der Waals surface area (Å²) in [5.74, 6) is 0. The molecular weight excluding hydrogens is 178 g/mol. The number of nitrogens with zero attached hydrogens (tertiary/aromatic N) is 2. The lowest BCUT2D eigenvalue weighted by Crippen LogP contribution is -2.34. The second-order valence-electron chi connectivity index (χ2n) is 3.32. The average molecular weight is 193 g/mol. The SMILES string of the molecule is Cc1cccnc1CNC(=O)N(C)C. The van der Waals surface area contributed by atoms with Gasteiger partial charge in [0.1, 0.15) is 0 Å². The highest BCUT2D eigenvalue weighted by atomic mass is 16.2. The molecule has 0 fully saturated rings. The van der Waals surface area contributed by atoms with Crippen LogP contribution < -0.4 is 5.32 Å². The summed E-state index contributed by atoms with van der Waals surface area (Å²) < 4.78 is 0. The Morgan fingerprint density at radius 3 is 2.86 bits per heavy atom. The third-order valence-corrected chi connectivity index (χ3v) is 1.93. The van der Waals surface area contributed by atoms with Crippen LogP contribution in [-0.4, -0.2) is 30.0 Å². The fourth-order valence-corrected chi connectivity index (χ4v) is 1.02. The first-order valence-electron chi connectivity index (χ1n) is 4.47. The van der Waals surface area contributed by atoms with Gasteiger partial charge in [0.15, 0.2) is 0 Å². The van der Waals surface area contributed by atoms with Crippen LogP contribution in [0.25, 0.3) is 0 Å². The highest BCUT2D eigenvalue weighted by Crippen LogP contribution is 2.02. The Bertz CT molecular complexity index is 323. The minimum atomic E-state index is -0.102. The molecule has 4 nitrogen and oxygen atoms in total. The fraction of sp³-hybridized carbons (Fsp3) is 0.400. The standard InChI is InChI=1S/C10H15N3O/c1-8-5-4-6-11-9(8)7-12-10(14)13(2)3/h4-6H,7H2,1-3H3,(H,12,14). The number of amides is 2. The second kappa shape index (κ2) is 4.60. The van der Waals surface area contributed by atoms with E-state index in [2.05, 4.69) is 10.3 Å². The summed E-state index contributed by atoms with van der Waals surface area (Å²) in [5, 5.41) is 2.76. The van der Waals surface area contributed by atoms with Gasteiger partial charge in [0.05, 0.1) is 12.2 Å². The molecule has 2 amide bonds. The second-order valence-corrected chi connectivity index (χ2v) is 3.32. The molecule has 14 heavy (non-hydrogen) atoms. The summed E-state index contributed by atoms with van der Waals surface area (Å²) in [6, 6.07) is 3.76. The predicted octanol–water partition coefficient (Wildman–Crippen LogP) is 1.16. The van der Waals surface area contributed by atoms with Crippen LogP contribution in [0.1, 0.15) is 11.3 Å². The molecule has 0 spiro atoms. The Balaban J connectivity index is 2.54. The molecule has 0 bridgehead atoms. The summed E-state index contributed by atoms with van der Waals surface area (Å²) in [6.45, 7) is 2.45. The Kier molecular flexibility index (Phi) is 3.45. The molecule has 1 heterocycles. The number of aryl methyl sites for hydroxylation is 1. The predicted molar refractivity (Wildman–Crippen MR) is 54.9 cm³/mol. The lowest BCUT2D eigenvalue weighted by Gasteiger charge is -2.12. The normalized spacial score (nSPS) is 9.64. The molecule has 4 heteroatoms. The highest BCUT2D eigenvalue weighted by molar-refractivity contribution is 5.73. The Labute approximate surface area is 83.9 Å². The van der Waals surface area contributed by atoms with Crippen molar-refractivity contribution in [2.75, 3.05) is 14.1 Å². The number of hydrogen-bond acceptors (Lipinski definition) is 2. The van der Waals surface area contributed by atoms with Gasteiger partial charge in [0.2, 0.25) is 0 Å². The van der Waals surface area contributed by atoms with E-state index in [9.17, 15) is 4.79 Å². The van der Waals surface area contributed by atoms with Crippen LogP contribution in [0.3, 0.4) is 0 Å². The first kappa shape index (κ1) is 10.5. The molecule has 1 rings (SSSR count). The first-order chi connectivity index (χ1) is 6.61. The number of hydrogen-bond donors (Lipinski definition) is 1. The largest absolute Gasteiger partial charge is 0.332 e. The van der Waals surface area contributed by atoms with Crippen LogP contribution >= 0.6 is 0 Å². The number of urea groups is 1. The molecule has 0 aromatic carbocycles. The maximum atomic E-state index is 11.2. The van der Waals surface area contributed by atoms with E-state index in [0.29, 0.717) is 6.54 Å². The topological polar surface area (TPSA) is 45.2 Å². The van der Waals surface area contributed by atoms with E-state index < -0.39 is 0 Å². The van der Waals surface area contributed by atoms with Gasteiger partial charge in [0.25, 0.3) is 0 Å². The number of pyridine rings is 1. The molecule has 0 aliphatic heterocycles. The zero-order valence-corrected chi connectivity index (χ0v) is 8.74. The van der Waals surface area contributed by atoms with Gasteiger partial charge < -0.3 is 10.2 Å². The van der Waals surface area contributed by atoms with E-state index in [1.165, 1.54) is 4.90 Å². The minimum absolute atomic E-state index is 0.102. The van der Waals surface area contributed by atoms with Gasteiger partial charge in [-0.05, 0) is 18.6 Å². The molecule has 0 aliphatic rings. The smallest absolute Gasteiger partial charge is 0.317 e. The number of carbonyl (C=O) groups is 1. The van der Waals surface area contributed by atoms with Crippen molar-refractivity contribution in [1.82, 2.24) is 15.2 Å². The first-order valence-corrected chi connectivity index (χ1v) is 4.47. The van der Waals surface area contributed by atoms with E-state index in [4.69, 9.17) is 0 Å². The van der Waals surface area contributed by atoms with Crippen molar-refractivity contribution in [2.24, 2.45) is 0 Å². The molecule has 0 radical (unpaired) electrons. The van der Waals surface area contributed by atoms with Gasteiger partial charge in [-0.1, -0.05) is 6.07 Å². The summed E-state index contributed by atoms with van der Waals surface area (Å²) in [6.07, 6.45) is 1.73. The van der Waals surface area contributed by atoms with Crippen LogP contribution in [-0.2, 0) is 6.54 Å². The van der Waals surface area contributed by atoms with Crippen molar-refractivity contribution < 1.29 is 4.79 Å². The molecule has 0 saturated carbocycles. The molecule has 1 aromatic heterocycles. The quantitative estimate of drug-likeness (QED) is 0.766. The van der Waals surface area contributed by atoms with Crippen molar-refractivity contribution in [3.8, 4) is 0 Å². The minimum Gasteiger partial charge on any atom is -0.332 e. The number of nitrogens with one attached hydrogen (secondary N) is 1. The molecule has 1 N–H and O–H groups in total. The lowest BCUT2D eigenvalue weighted by atomic mass is 10.2. The van der Waals surface area contributed by atoms with Crippen LogP contribution in [0.15, 0.2) is 18.3 Å². The van der Waals surface area contributed by atoms with Gasteiger partial charge in [-0.3, -0.25) is 4.98 Å². The molecule has 76 valence electrons. The summed E-state index contributed by atoms with van der Waals surface area (Å²) in [5.41, 5.74) is 1.99. The fourth-order valence-electron chi connectivity index (χ4n) is 1.02. The average Bonchev–Trinajstić information content (AvgIpc) is 2.16.